The summed E-state index contributed by atoms with van der Waals surface area (Å²) >= 11 is 0. The minimum atomic E-state index is 0.102. The van der Waals surface area contributed by atoms with Gasteiger partial charge in [-0.2, -0.15) is 0 Å². The minimum Gasteiger partial charge on any atom is -0.343 e. The fourth-order valence-corrected chi connectivity index (χ4v) is 4.92. The van der Waals surface area contributed by atoms with Gasteiger partial charge in [0.05, 0.1) is 0 Å². The molecule has 2 aliphatic carbocycles. The maximum Gasteiger partial charge on any atom is 0.225 e. The van der Waals surface area contributed by atoms with Crippen LogP contribution in [0.5, 0.6) is 0 Å². The third-order valence-corrected chi connectivity index (χ3v) is 6.95. The molecule has 0 radical (unpaired) electrons. The number of nitrogens with zero attached hydrogens (tertiary/aromatic N) is 2. The molecule has 4 heteroatoms. The molecular weight excluding hydrogens is 336 g/mol. The van der Waals surface area contributed by atoms with Gasteiger partial charge in [0.2, 0.25) is 11.8 Å². The maximum atomic E-state index is 13.0. The summed E-state index contributed by atoms with van der Waals surface area (Å²) in [4.78, 5) is 29.2. The molecule has 0 bridgehead atoms. The quantitative estimate of drug-likeness (QED) is 0.811. The number of carbonyl (C=O) groups is 2. The van der Waals surface area contributed by atoms with E-state index in [1.165, 1.54) is 18.4 Å². The van der Waals surface area contributed by atoms with Crippen LogP contribution in [0.3, 0.4) is 0 Å². The SMILES string of the molecule is CN(C(=O)C1CCN(C(=O)C2CC2)CC1)C1CCC(c2ccccc2)CC1. The number of hydrogen-bond acceptors (Lipinski definition) is 2. The molecule has 4 nitrogen and oxygen atoms in total. The molecule has 1 heterocycles. The Bertz CT molecular complexity index is 654. The van der Waals surface area contributed by atoms with E-state index in [9.17, 15) is 9.59 Å². The molecule has 2 saturated carbocycles. The lowest BCUT2D eigenvalue weighted by Gasteiger charge is -2.38. The summed E-state index contributed by atoms with van der Waals surface area (Å²) in [6.07, 6.45) is 8.32. The summed E-state index contributed by atoms with van der Waals surface area (Å²) in [5, 5.41) is 0. The van der Waals surface area contributed by atoms with Crippen LogP contribution in [0.1, 0.15) is 62.8 Å². The largest absolute Gasteiger partial charge is 0.343 e. The van der Waals surface area contributed by atoms with E-state index in [-0.39, 0.29) is 5.92 Å². The van der Waals surface area contributed by atoms with Gasteiger partial charge in [-0.15, -0.1) is 0 Å². The van der Waals surface area contributed by atoms with Crippen LogP contribution in [0.2, 0.25) is 0 Å². The van der Waals surface area contributed by atoms with E-state index in [1.54, 1.807) is 0 Å². The molecule has 3 aliphatic rings. The van der Waals surface area contributed by atoms with E-state index < -0.39 is 0 Å². The highest BCUT2D eigenvalue weighted by atomic mass is 16.2. The molecule has 27 heavy (non-hydrogen) atoms. The van der Waals surface area contributed by atoms with Gasteiger partial charge < -0.3 is 9.80 Å². The van der Waals surface area contributed by atoms with Crippen LogP contribution < -0.4 is 0 Å². The molecule has 1 saturated heterocycles. The van der Waals surface area contributed by atoms with Crippen LogP contribution in [-0.4, -0.2) is 47.8 Å². The van der Waals surface area contributed by atoms with Crippen molar-refractivity contribution in [2.75, 3.05) is 20.1 Å². The normalized spacial score (nSPS) is 26.6. The zero-order chi connectivity index (χ0) is 18.8. The molecule has 146 valence electrons. The summed E-state index contributed by atoms with van der Waals surface area (Å²) in [6.45, 7) is 1.53. The molecule has 0 spiro atoms. The fourth-order valence-electron chi connectivity index (χ4n) is 4.92. The minimum absolute atomic E-state index is 0.102. The van der Waals surface area contributed by atoms with Crippen molar-refractivity contribution in [1.82, 2.24) is 9.80 Å². The van der Waals surface area contributed by atoms with E-state index in [4.69, 9.17) is 0 Å². The Hall–Kier alpha value is -1.84. The Kier molecular flexibility index (Phi) is 5.51. The highest BCUT2D eigenvalue weighted by molar-refractivity contribution is 5.82. The van der Waals surface area contributed by atoms with Gasteiger partial charge in [-0.05, 0) is 62.8 Å². The standard InChI is InChI=1S/C23H32N2O2/c1-24(21-11-9-18(10-12-21)17-5-3-2-4-6-17)22(26)20-13-15-25(16-14-20)23(27)19-7-8-19/h2-6,18-21H,7-16H2,1H3. The van der Waals surface area contributed by atoms with Crippen molar-refractivity contribution in [3.63, 3.8) is 0 Å². The number of piperidine rings is 1. The lowest BCUT2D eigenvalue weighted by molar-refractivity contribution is -0.142. The highest BCUT2D eigenvalue weighted by Gasteiger charge is 2.37. The van der Waals surface area contributed by atoms with E-state index in [2.05, 4.69) is 30.3 Å². The molecule has 4 rings (SSSR count). The molecule has 1 aromatic rings. The average Bonchev–Trinajstić information content (AvgIpc) is 3.58. The first kappa shape index (κ1) is 18.5. The molecule has 0 aromatic heterocycles. The summed E-state index contributed by atoms with van der Waals surface area (Å²) in [5.41, 5.74) is 1.44. The van der Waals surface area contributed by atoms with Gasteiger partial charge in [0, 0.05) is 38.0 Å². The van der Waals surface area contributed by atoms with E-state index in [1.807, 2.05) is 16.8 Å². The lowest BCUT2D eigenvalue weighted by Crippen LogP contribution is -2.47. The van der Waals surface area contributed by atoms with Crippen molar-refractivity contribution in [1.29, 1.82) is 0 Å². The number of likely N-dealkylation sites (tertiary alicyclic amines) is 1. The monoisotopic (exact) mass is 368 g/mol. The summed E-state index contributed by atoms with van der Waals surface area (Å²) in [5.74, 6) is 1.66. The van der Waals surface area contributed by atoms with Gasteiger partial charge in [-0.3, -0.25) is 9.59 Å². The predicted molar refractivity (Wildman–Crippen MR) is 106 cm³/mol. The van der Waals surface area contributed by atoms with Crippen molar-refractivity contribution >= 4 is 11.8 Å². The average molecular weight is 369 g/mol. The first-order chi connectivity index (χ1) is 13.1. The zero-order valence-corrected chi connectivity index (χ0v) is 16.5. The molecule has 1 aromatic carbocycles. The van der Waals surface area contributed by atoms with Gasteiger partial charge in [0.25, 0.3) is 0 Å². The smallest absolute Gasteiger partial charge is 0.225 e. The van der Waals surface area contributed by atoms with Gasteiger partial charge in [-0.1, -0.05) is 30.3 Å². The van der Waals surface area contributed by atoms with E-state index in [0.717, 1.165) is 51.6 Å². The zero-order valence-electron chi connectivity index (χ0n) is 16.5. The summed E-state index contributed by atoms with van der Waals surface area (Å²) in [7, 11) is 2.00. The van der Waals surface area contributed by atoms with Crippen molar-refractivity contribution < 1.29 is 9.59 Å². The van der Waals surface area contributed by atoms with Crippen molar-refractivity contribution in [2.45, 2.75) is 63.3 Å². The third kappa shape index (κ3) is 4.20. The van der Waals surface area contributed by atoms with Crippen LogP contribution in [0, 0.1) is 11.8 Å². The summed E-state index contributed by atoms with van der Waals surface area (Å²) in [6, 6.07) is 11.2. The van der Waals surface area contributed by atoms with Crippen LogP contribution in [0.15, 0.2) is 30.3 Å². The molecule has 0 atom stereocenters. The fraction of sp³-hybridized carbons (Fsp3) is 0.652. The van der Waals surface area contributed by atoms with Crippen LogP contribution >= 0.6 is 0 Å². The third-order valence-electron chi connectivity index (χ3n) is 6.95. The Balaban J connectivity index is 1.25. The highest BCUT2D eigenvalue weighted by Crippen LogP contribution is 2.36. The number of carbonyl (C=O) groups excluding carboxylic acids is 2. The molecule has 0 unspecified atom stereocenters. The van der Waals surface area contributed by atoms with Crippen LogP contribution in [0.4, 0.5) is 0 Å². The molecule has 2 amide bonds. The topological polar surface area (TPSA) is 40.6 Å². The maximum absolute atomic E-state index is 13.0. The van der Waals surface area contributed by atoms with Crippen molar-refractivity contribution in [3.05, 3.63) is 35.9 Å². The number of amides is 2. The van der Waals surface area contributed by atoms with Crippen LogP contribution in [-0.2, 0) is 9.59 Å². The Labute approximate surface area is 162 Å². The molecule has 0 N–H and O–H groups in total. The van der Waals surface area contributed by atoms with Crippen molar-refractivity contribution in [2.24, 2.45) is 11.8 Å². The van der Waals surface area contributed by atoms with E-state index in [0.29, 0.717) is 29.7 Å². The van der Waals surface area contributed by atoms with Gasteiger partial charge >= 0.3 is 0 Å². The van der Waals surface area contributed by atoms with Crippen LogP contribution in [0.25, 0.3) is 0 Å². The van der Waals surface area contributed by atoms with E-state index >= 15 is 0 Å². The Morgan fingerprint density at radius 3 is 2.07 bits per heavy atom. The second kappa shape index (κ2) is 8.04. The first-order valence-corrected chi connectivity index (χ1v) is 10.7. The predicted octanol–water partition coefficient (Wildman–Crippen LogP) is 3.82. The van der Waals surface area contributed by atoms with Gasteiger partial charge in [0.1, 0.15) is 0 Å². The molecule has 3 fully saturated rings. The van der Waals surface area contributed by atoms with Crippen molar-refractivity contribution in [3.8, 4) is 0 Å². The lowest BCUT2D eigenvalue weighted by atomic mass is 9.81. The first-order valence-electron chi connectivity index (χ1n) is 10.7. The number of hydrogen-bond donors (Lipinski definition) is 0. The Morgan fingerprint density at radius 2 is 1.48 bits per heavy atom. The molecule has 1 aliphatic heterocycles. The summed E-state index contributed by atoms with van der Waals surface area (Å²) < 4.78 is 0. The second-order valence-corrected chi connectivity index (χ2v) is 8.74. The Morgan fingerprint density at radius 1 is 0.852 bits per heavy atom. The second-order valence-electron chi connectivity index (χ2n) is 8.74. The van der Waals surface area contributed by atoms with Gasteiger partial charge in [-0.25, -0.2) is 0 Å². The van der Waals surface area contributed by atoms with Gasteiger partial charge in [0.15, 0.2) is 0 Å². The number of benzene rings is 1. The number of rotatable bonds is 4. The molecular formula is C23H32N2O2.